The van der Waals surface area contributed by atoms with E-state index in [1.54, 1.807) is 6.07 Å². The Bertz CT molecular complexity index is 476. The van der Waals surface area contributed by atoms with Crippen molar-refractivity contribution in [2.45, 2.75) is 4.90 Å². The van der Waals surface area contributed by atoms with E-state index in [-0.39, 0.29) is 11.4 Å². The first kappa shape index (κ1) is 11.6. The van der Waals surface area contributed by atoms with Crippen LogP contribution in [-0.4, -0.2) is 26.3 Å². The van der Waals surface area contributed by atoms with Crippen LogP contribution in [0, 0.1) is 17.1 Å². The molecule has 1 rings (SSSR count). The van der Waals surface area contributed by atoms with Gasteiger partial charge in [-0.1, -0.05) is 0 Å². The Morgan fingerprint density at radius 2 is 1.93 bits per heavy atom. The Morgan fingerprint density at radius 1 is 1.40 bits per heavy atom. The van der Waals surface area contributed by atoms with E-state index in [0.717, 1.165) is 16.4 Å². The summed E-state index contributed by atoms with van der Waals surface area (Å²) in [6.07, 6.45) is 0. The summed E-state index contributed by atoms with van der Waals surface area (Å²) in [5.74, 6) is -0.503. The standard InChI is InChI=1S/C9H9FN2O2S/c1-12(7-6-11)15(13,14)9-4-2-8(10)3-5-9/h2-5H,7H2,1H3. The van der Waals surface area contributed by atoms with E-state index in [4.69, 9.17) is 5.26 Å². The lowest BCUT2D eigenvalue weighted by Gasteiger charge is -2.13. The quantitative estimate of drug-likeness (QED) is 0.724. The Kier molecular flexibility index (Phi) is 3.39. The number of nitrogens with zero attached hydrogens (tertiary/aromatic N) is 2. The predicted octanol–water partition coefficient (Wildman–Crippen LogP) is 0.970. The Hall–Kier alpha value is -1.45. The molecule has 0 aliphatic carbocycles. The SMILES string of the molecule is CN(CC#N)S(=O)(=O)c1ccc(F)cc1. The van der Waals surface area contributed by atoms with E-state index in [0.29, 0.717) is 0 Å². The molecule has 0 unspecified atom stereocenters. The van der Waals surface area contributed by atoms with Crippen LogP contribution in [0.5, 0.6) is 0 Å². The van der Waals surface area contributed by atoms with Gasteiger partial charge in [-0.2, -0.15) is 9.57 Å². The van der Waals surface area contributed by atoms with Crippen LogP contribution in [-0.2, 0) is 10.0 Å². The highest BCUT2D eigenvalue weighted by Crippen LogP contribution is 2.13. The second-order valence-electron chi connectivity index (χ2n) is 2.87. The summed E-state index contributed by atoms with van der Waals surface area (Å²) in [4.78, 5) is -0.0262. The van der Waals surface area contributed by atoms with Crippen molar-refractivity contribution in [2.75, 3.05) is 13.6 Å². The van der Waals surface area contributed by atoms with Crippen LogP contribution in [0.4, 0.5) is 4.39 Å². The summed E-state index contributed by atoms with van der Waals surface area (Å²) in [6, 6.07) is 6.18. The summed E-state index contributed by atoms with van der Waals surface area (Å²) in [5.41, 5.74) is 0. The van der Waals surface area contributed by atoms with Crippen molar-refractivity contribution in [3.05, 3.63) is 30.1 Å². The second-order valence-corrected chi connectivity index (χ2v) is 4.92. The molecule has 0 atom stereocenters. The van der Waals surface area contributed by atoms with Crippen LogP contribution >= 0.6 is 0 Å². The number of sulfonamides is 1. The highest BCUT2D eigenvalue weighted by molar-refractivity contribution is 7.89. The molecular weight excluding hydrogens is 219 g/mol. The Labute approximate surface area is 87.6 Å². The normalized spacial score (nSPS) is 11.3. The fourth-order valence-corrected chi connectivity index (χ4v) is 2.04. The van der Waals surface area contributed by atoms with Crippen LogP contribution in [0.3, 0.4) is 0 Å². The van der Waals surface area contributed by atoms with Crippen LogP contribution in [0.2, 0.25) is 0 Å². The number of hydrogen-bond donors (Lipinski definition) is 0. The van der Waals surface area contributed by atoms with Gasteiger partial charge in [-0.05, 0) is 24.3 Å². The largest absolute Gasteiger partial charge is 0.243 e. The van der Waals surface area contributed by atoms with E-state index in [9.17, 15) is 12.8 Å². The summed E-state index contributed by atoms with van der Waals surface area (Å²) in [7, 11) is -2.38. The van der Waals surface area contributed by atoms with E-state index in [1.165, 1.54) is 19.2 Å². The molecule has 0 saturated carbocycles. The van der Waals surface area contributed by atoms with Gasteiger partial charge in [0.25, 0.3) is 0 Å². The van der Waals surface area contributed by atoms with Gasteiger partial charge in [-0.25, -0.2) is 12.8 Å². The number of halogens is 1. The molecule has 80 valence electrons. The maximum Gasteiger partial charge on any atom is 0.243 e. The van der Waals surface area contributed by atoms with Gasteiger partial charge in [-0.3, -0.25) is 0 Å². The fraction of sp³-hybridized carbons (Fsp3) is 0.222. The topological polar surface area (TPSA) is 61.2 Å². The molecule has 0 aromatic heterocycles. The zero-order chi connectivity index (χ0) is 11.5. The number of hydrogen-bond acceptors (Lipinski definition) is 3. The number of nitriles is 1. The molecule has 0 radical (unpaired) electrons. The van der Waals surface area contributed by atoms with Gasteiger partial charge >= 0.3 is 0 Å². The maximum atomic E-state index is 12.6. The molecule has 6 heteroatoms. The molecule has 0 amide bonds. The zero-order valence-corrected chi connectivity index (χ0v) is 8.83. The Balaban J connectivity index is 3.07. The average Bonchev–Trinajstić information content (AvgIpc) is 2.18. The molecule has 1 aromatic carbocycles. The first-order valence-corrected chi connectivity index (χ1v) is 5.51. The van der Waals surface area contributed by atoms with Crippen molar-refractivity contribution < 1.29 is 12.8 Å². The number of rotatable bonds is 3. The van der Waals surface area contributed by atoms with Crippen molar-refractivity contribution in [3.8, 4) is 6.07 Å². The second kappa shape index (κ2) is 4.38. The van der Waals surface area contributed by atoms with Crippen LogP contribution in [0.1, 0.15) is 0 Å². The molecule has 15 heavy (non-hydrogen) atoms. The van der Waals surface area contributed by atoms with Gasteiger partial charge in [0.15, 0.2) is 0 Å². The van der Waals surface area contributed by atoms with Gasteiger partial charge < -0.3 is 0 Å². The molecule has 4 nitrogen and oxygen atoms in total. The molecule has 1 aromatic rings. The van der Waals surface area contributed by atoms with Crippen molar-refractivity contribution in [1.29, 1.82) is 5.26 Å². The van der Waals surface area contributed by atoms with Gasteiger partial charge in [-0.15, -0.1) is 0 Å². The fourth-order valence-electron chi connectivity index (χ4n) is 0.971. The average molecular weight is 228 g/mol. The molecule has 0 aliphatic rings. The zero-order valence-electron chi connectivity index (χ0n) is 8.01. The Morgan fingerprint density at radius 3 is 2.40 bits per heavy atom. The minimum absolute atomic E-state index is 0.0262. The van der Waals surface area contributed by atoms with Gasteiger partial charge in [0.05, 0.1) is 11.0 Å². The monoisotopic (exact) mass is 228 g/mol. The minimum atomic E-state index is -3.67. The van der Waals surface area contributed by atoms with E-state index in [1.807, 2.05) is 0 Å². The van der Waals surface area contributed by atoms with E-state index >= 15 is 0 Å². The van der Waals surface area contributed by atoms with E-state index in [2.05, 4.69) is 0 Å². The summed E-state index contributed by atoms with van der Waals surface area (Å²) < 4.78 is 36.8. The summed E-state index contributed by atoms with van der Waals surface area (Å²) >= 11 is 0. The lowest BCUT2D eigenvalue weighted by molar-refractivity contribution is 0.501. The van der Waals surface area contributed by atoms with Crippen molar-refractivity contribution in [2.24, 2.45) is 0 Å². The predicted molar refractivity (Wildman–Crippen MR) is 51.8 cm³/mol. The lowest BCUT2D eigenvalue weighted by atomic mass is 10.4. The first-order valence-electron chi connectivity index (χ1n) is 4.07. The van der Waals surface area contributed by atoms with Crippen LogP contribution in [0.15, 0.2) is 29.2 Å². The molecule has 0 bridgehead atoms. The summed E-state index contributed by atoms with van der Waals surface area (Å²) in [5, 5.41) is 8.37. The van der Waals surface area contributed by atoms with Gasteiger partial charge in [0, 0.05) is 7.05 Å². The van der Waals surface area contributed by atoms with Crippen molar-refractivity contribution >= 4 is 10.0 Å². The molecule has 0 spiro atoms. The van der Waals surface area contributed by atoms with Gasteiger partial charge in [0.2, 0.25) is 10.0 Å². The molecule has 0 aliphatic heterocycles. The molecule has 0 fully saturated rings. The molecular formula is C9H9FN2O2S. The maximum absolute atomic E-state index is 12.6. The third-order valence-corrected chi connectivity index (χ3v) is 3.63. The third kappa shape index (κ3) is 2.52. The highest BCUT2D eigenvalue weighted by Gasteiger charge is 2.19. The summed E-state index contributed by atoms with van der Waals surface area (Å²) in [6.45, 7) is -0.236. The number of benzene rings is 1. The minimum Gasteiger partial charge on any atom is -0.207 e. The molecule has 0 heterocycles. The van der Waals surface area contributed by atoms with Gasteiger partial charge in [0.1, 0.15) is 12.4 Å². The lowest BCUT2D eigenvalue weighted by Crippen LogP contribution is -2.27. The van der Waals surface area contributed by atoms with Crippen molar-refractivity contribution in [1.82, 2.24) is 4.31 Å². The molecule has 0 N–H and O–H groups in total. The van der Waals surface area contributed by atoms with Crippen LogP contribution in [0.25, 0.3) is 0 Å². The van der Waals surface area contributed by atoms with E-state index < -0.39 is 15.8 Å². The van der Waals surface area contributed by atoms with Crippen LogP contribution < -0.4 is 0 Å². The highest BCUT2D eigenvalue weighted by atomic mass is 32.2. The third-order valence-electron chi connectivity index (χ3n) is 1.82. The first-order chi connectivity index (χ1) is 6.98. The van der Waals surface area contributed by atoms with Crippen molar-refractivity contribution in [3.63, 3.8) is 0 Å². The smallest absolute Gasteiger partial charge is 0.207 e. The molecule has 0 saturated heterocycles.